The fourth-order valence-electron chi connectivity index (χ4n) is 4.32. The number of hydrogen-bond donors (Lipinski definition) is 1. The molecule has 5 heteroatoms. The standard InChI is InChI=1S/C17H24N4O/c18-20-11-14-9-19(10-15(14)12-20)6-3-7-21-16-5-2-1-4-13(16)8-17(21)22/h1-2,4-5,14-15H,3,6-12,18H2/t14-,15+. The largest absolute Gasteiger partial charge is 0.312 e. The Balaban J connectivity index is 1.29. The van der Waals surface area contributed by atoms with E-state index in [1.165, 1.54) is 18.7 Å². The van der Waals surface area contributed by atoms with Gasteiger partial charge in [0.15, 0.2) is 0 Å². The van der Waals surface area contributed by atoms with Crippen molar-refractivity contribution in [1.29, 1.82) is 0 Å². The van der Waals surface area contributed by atoms with Gasteiger partial charge in [-0.05, 0) is 36.4 Å². The summed E-state index contributed by atoms with van der Waals surface area (Å²) in [5.74, 6) is 7.63. The van der Waals surface area contributed by atoms with E-state index in [0.717, 1.165) is 50.1 Å². The van der Waals surface area contributed by atoms with E-state index in [9.17, 15) is 4.79 Å². The highest BCUT2D eigenvalue weighted by molar-refractivity contribution is 6.01. The number of amides is 1. The fourth-order valence-corrected chi connectivity index (χ4v) is 4.32. The number of benzene rings is 1. The number of hydrogen-bond acceptors (Lipinski definition) is 4. The first-order valence-corrected chi connectivity index (χ1v) is 8.31. The molecule has 0 spiro atoms. The number of carbonyl (C=O) groups excluding carboxylic acids is 1. The van der Waals surface area contributed by atoms with Gasteiger partial charge in [-0.25, -0.2) is 5.01 Å². The number of carbonyl (C=O) groups is 1. The van der Waals surface area contributed by atoms with Crippen LogP contribution in [0.25, 0.3) is 0 Å². The molecule has 0 saturated carbocycles. The van der Waals surface area contributed by atoms with E-state index < -0.39 is 0 Å². The second-order valence-electron chi connectivity index (χ2n) is 6.94. The summed E-state index contributed by atoms with van der Waals surface area (Å²) >= 11 is 0. The summed E-state index contributed by atoms with van der Waals surface area (Å²) in [6.45, 7) is 6.35. The summed E-state index contributed by atoms with van der Waals surface area (Å²) in [4.78, 5) is 16.7. The Morgan fingerprint density at radius 1 is 1.05 bits per heavy atom. The molecule has 2 fully saturated rings. The summed E-state index contributed by atoms with van der Waals surface area (Å²) in [7, 11) is 0. The molecule has 2 N–H and O–H groups in total. The lowest BCUT2D eigenvalue weighted by Crippen LogP contribution is -2.35. The molecule has 3 aliphatic rings. The summed E-state index contributed by atoms with van der Waals surface area (Å²) in [5, 5.41) is 1.96. The summed E-state index contributed by atoms with van der Waals surface area (Å²) < 4.78 is 0. The van der Waals surface area contributed by atoms with Gasteiger partial charge in [0, 0.05) is 38.4 Å². The third kappa shape index (κ3) is 2.53. The van der Waals surface area contributed by atoms with Gasteiger partial charge in [-0.1, -0.05) is 18.2 Å². The first-order chi connectivity index (χ1) is 10.7. The monoisotopic (exact) mass is 300 g/mol. The number of nitrogens with two attached hydrogens (primary N) is 1. The van der Waals surface area contributed by atoms with Gasteiger partial charge in [-0.2, -0.15) is 0 Å². The van der Waals surface area contributed by atoms with Gasteiger partial charge < -0.3 is 9.80 Å². The molecule has 1 amide bonds. The maximum atomic E-state index is 12.1. The van der Waals surface area contributed by atoms with Crippen LogP contribution in [0.4, 0.5) is 5.69 Å². The molecule has 4 rings (SSSR count). The number of likely N-dealkylation sites (tertiary alicyclic amines) is 1. The van der Waals surface area contributed by atoms with Crippen molar-refractivity contribution < 1.29 is 4.79 Å². The van der Waals surface area contributed by atoms with Crippen LogP contribution in [0.2, 0.25) is 0 Å². The average molecular weight is 300 g/mol. The molecule has 3 aliphatic heterocycles. The smallest absolute Gasteiger partial charge is 0.231 e. The highest BCUT2D eigenvalue weighted by Crippen LogP contribution is 2.30. The molecule has 22 heavy (non-hydrogen) atoms. The van der Waals surface area contributed by atoms with Crippen LogP contribution in [0.3, 0.4) is 0 Å². The molecule has 1 aromatic carbocycles. The molecule has 0 radical (unpaired) electrons. The molecular formula is C17H24N4O. The van der Waals surface area contributed by atoms with Crippen molar-refractivity contribution >= 4 is 11.6 Å². The molecule has 118 valence electrons. The molecule has 3 heterocycles. The van der Waals surface area contributed by atoms with Gasteiger partial charge in [-0.15, -0.1) is 0 Å². The van der Waals surface area contributed by atoms with Crippen molar-refractivity contribution in [2.45, 2.75) is 12.8 Å². The normalized spacial score (nSPS) is 28.4. The topological polar surface area (TPSA) is 52.8 Å². The molecule has 5 nitrogen and oxygen atoms in total. The van der Waals surface area contributed by atoms with Crippen molar-refractivity contribution in [3.63, 3.8) is 0 Å². The van der Waals surface area contributed by atoms with Gasteiger partial charge in [0.1, 0.15) is 0 Å². The lowest BCUT2D eigenvalue weighted by molar-refractivity contribution is -0.117. The highest BCUT2D eigenvalue weighted by atomic mass is 16.2. The second kappa shape index (κ2) is 5.65. The average Bonchev–Trinajstić information content (AvgIpc) is 3.10. The quantitative estimate of drug-likeness (QED) is 0.832. The van der Waals surface area contributed by atoms with Crippen LogP contribution in [0.15, 0.2) is 24.3 Å². The lowest BCUT2D eigenvalue weighted by atomic mass is 10.0. The zero-order valence-corrected chi connectivity index (χ0v) is 12.9. The van der Waals surface area contributed by atoms with Crippen molar-refractivity contribution in [3.8, 4) is 0 Å². The van der Waals surface area contributed by atoms with Gasteiger partial charge in [0.05, 0.1) is 6.42 Å². The van der Waals surface area contributed by atoms with E-state index >= 15 is 0 Å². The van der Waals surface area contributed by atoms with Crippen molar-refractivity contribution in [2.75, 3.05) is 44.2 Å². The van der Waals surface area contributed by atoms with Crippen molar-refractivity contribution in [3.05, 3.63) is 29.8 Å². The van der Waals surface area contributed by atoms with Gasteiger partial charge in [0.25, 0.3) is 0 Å². The molecular weight excluding hydrogens is 276 g/mol. The maximum Gasteiger partial charge on any atom is 0.231 e. The van der Waals surface area contributed by atoms with Gasteiger partial charge in [-0.3, -0.25) is 10.6 Å². The van der Waals surface area contributed by atoms with E-state index in [1.807, 2.05) is 22.0 Å². The minimum atomic E-state index is 0.248. The number of para-hydroxylation sites is 1. The second-order valence-corrected chi connectivity index (χ2v) is 6.94. The van der Waals surface area contributed by atoms with Crippen molar-refractivity contribution in [2.24, 2.45) is 17.7 Å². The third-order valence-corrected chi connectivity index (χ3v) is 5.37. The molecule has 2 saturated heterocycles. The van der Waals surface area contributed by atoms with E-state index in [2.05, 4.69) is 17.0 Å². The molecule has 0 aromatic heterocycles. The van der Waals surface area contributed by atoms with Crippen LogP contribution in [0, 0.1) is 11.8 Å². The van der Waals surface area contributed by atoms with E-state index in [0.29, 0.717) is 6.42 Å². The highest BCUT2D eigenvalue weighted by Gasteiger charge is 2.38. The lowest BCUT2D eigenvalue weighted by Gasteiger charge is -2.21. The summed E-state index contributed by atoms with van der Waals surface area (Å²) in [6.07, 6.45) is 1.61. The number of fused-ring (bicyclic) bond motifs is 2. The van der Waals surface area contributed by atoms with Crippen LogP contribution in [-0.2, 0) is 11.2 Å². The van der Waals surface area contributed by atoms with Crippen LogP contribution >= 0.6 is 0 Å². The first-order valence-electron chi connectivity index (χ1n) is 8.31. The first kappa shape index (κ1) is 14.2. The third-order valence-electron chi connectivity index (χ3n) is 5.37. The van der Waals surface area contributed by atoms with Crippen LogP contribution in [0.5, 0.6) is 0 Å². The number of nitrogens with zero attached hydrogens (tertiary/aromatic N) is 3. The number of rotatable bonds is 4. The zero-order valence-electron chi connectivity index (χ0n) is 12.9. The van der Waals surface area contributed by atoms with Crippen molar-refractivity contribution in [1.82, 2.24) is 9.91 Å². The molecule has 1 aromatic rings. The summed E-state index contributed by atoms with van der Waals surface area (Å²) in [6, 6.07) is 8.16. The molecule has 0 aliphatic carbocycles. The molecule has 0 unspecified atom stereocenters. The predicted octanol–water partition coefficient (Wildman–Crippen LogP) is 0.703. The zero-order chi connectivity index (χ0) is 15.1. The fraction of sp³-hybridized carbons (Fsp3) is 0.588. The Bertz CT molecular complexity index is 562. The predicted molar refractivity (Wildman–Crippen MR) is 86.3 cm³/mol. The molecule has 2 atom stereocenters. The maximum absolute atomic E-state index is 12.1. The molecule has 0 bridgehead atoms. The Morgan fingerprint density at radius 2 is 1.77 bits per heavy atom. The SMILES string of the molecule is NN1C[C@@H]2CN(CCCN3C(=O)Cc4ccccc43)C[C@@H]2C1. The Morgan fingerprint density at radius 3 is 2.55 bits per heavy atom. The van der Waals surface area contributed by atoms with Crippen LogP contribution < -0.4 is 10.7 Å². The van der Waals surface area contributed by atoms with Gasteiger partial charge in [0.2, 0.25) is 5.91 Å². The Kier molecular flexibility index (Phi) is 3.64. The van der Waals surface area contributed by atoms with Gasteiger partial charge >= 0.3 is 0 Å². The van der Waals surface area contributed by atoms with E-state index in [-0.39, 0.29) is 5.91 Å². The minimum Gasteiger partial charge on any atom is -0.312 e. The van der Waals surface area contributed by atoms with Crippen LogP contribution in [-0.4, -0.2) is 55.1 Å². The van der Waals surface area contributed by atoms with Crippen LogP contribution in [0.1, 0.15) is 12.0 Å². The van der Waals surface area contributed by atoms with E-state index in [4.69, 9.17) is 5.84 Å². The Labute approximate surface area is 131 Å². The number of hydrazine groups is 1. The minimum absolute atomic E-state index is 0.248. The summed E-state index contributed by atoms with van der Waals surface area (Å²) in [5.41, 5.74) is 2.29. The Hall–Kier alpha value is -1.43. The van der Waals surface area contributed by atoms with E-state index in [1.54, 1.807) is 0 Å². The number of anilines is 1.